The fourth-order valence-electron chi connectivity index (χ4n) is 1.12. The molecule has 6 heteroatoms. The quantitative estimate of drug-likeness (QED) is 0.766. The van der Waals surface area contributed by atoms with Gasteiger partial charge in [-0.05, 0) is 12.1 Å². The highest BCUT2D eigenvalue weighted by atomic mass is 19.1. The van der Waals surface area contributed by atoms with E-state index in [4.69, 9.17) is 15.1 Å². The molecule has 0 atom stereocenters. The van der Waals surface area contributed by atoms with Crippen LogP contribution in [0.25, 0.3) is 0 Å². The zero-order valence-electron chi connectivity index (χ0n) is 8.94. The monoisotopic (exact) mass is 238 g/mol. The predicted molar refractivity (Wildman–Crippen MR) is 56.7 cm³/mol. The van der Waals surface area contributed by atoms with Crippen molar-refractivity contribution in [2.75, 3.05) is 19.8 Å². The molecular formula is C11H11FN2O3. The highest BCUT2D eigenvalue weighted by Gasteiger charge is 2.10. The fraction of sp³-hybridized carbons (Fsp3) is 0.273. The zero-order valence-corrected chi connectivity index (χ0v) is 8.94. The third-order valence-electron chi connectivity index (χ3n) is 1.88. The Balaban J connectivity index is 2.61. The highest BCUT2D eigenvalue weighted by molar-refractivity contribution is 5.77. The molecule has 0 spiro atoms. The Morgan fingerprint density at radius 2 is 2.35 bits per heavy atom. The molecule has 0 aliphatic rings. The first-order chi connectivity index (χ1) is 8.19. The maximum atomic E-state index is 13.1. The van der Waals surface area contributed by atoms with E-state index in [9.17, 15) is 9.18 Å². The van der Waals surface area contributed by atoms with Gasteiger partial charge >= 0.3 is 0 Å². The van der Waals surface area contributed by atoms with Crippen LogP contribution in [0.1, 0.15) is 5.56 Å². The Labute approximate surface area is 97.4 Å². The number of rotatable bonds is 5. The minimum Gasteiger partial charge on any atom is -0.482 e. The second kappa shape index (κ2) is 6.45. The van der Waals surface area contributed by atoms with Gasteiger partial charge in [0, 0.05) is 6.54 Å². The van der Waals surface area contributed by atoms with Crippen LogP contribution in [0.2, 0.25) is 0 Å². The number of nitrogens with one attached hydrogen (secondary N) is 1. The molecule has 0 aliphatic heterocycles. The molecule has 0 fully saturated rings. The summed E-state index contributed by atoms with van der Waals surface area (Å²) in [6, 6.07) is 5.58. The molecule has 0 aliphatic carbocycles. The SMILES string of the molecule is N#Cc1c(F)cccc1OCC(=O)NCCO. The topological polar surface area (TPSA) is 82.3 Å². The molecule has 2 N–H and O–H groups in total. The van der Waals surface area contributed by atoms with Crippen LogP contribution in [0.4, 0.5) is 4.39 Å². The minimum absolute atomic E-state index is 0.0200. The van der Waals surface area contributed by atoms with Crippen molar-refractivity contribution in [1.82, 2.24) is 5.32 Å². The number of benzene rings is 1. The fourth-order valence-corrected chi connectivity index (χ4v) is 1.12. The molecular weight excluding hydrogens is 227 g/mol. The van der Waals surface area contributed by atoms with E-state index in [1.54, 1.807) is 6.07 Å². The van der Waals surface area contributed by atoms with Crippen LogP contribution in [0, 0.1) is 17.1 Å². The molecule has 1 aromatic rings. The van der Waals surface area contributed by atoms with E-state index in [0.29, 0.717) is 0 Å². The van der Waals surface area contributed by atoms with Crippen LogP contribution in [-0.4, -0.2) is 30.8 Å². The maximum absolute atomic E-state index is 13.1. The van der Waals surface area contributed by atoms with Gasteiger partial charge in [-0.15, -0.1) is 0 Å². The van der Waals surface area contributed by atoms with Crippen LogP contribution >= 0.6 is 0 Å². The molecule has 0 aromatic heterocycles. The van der Waals surface area contributed by atoms with E-state index in [1.165, 1.54) is 12.1 Å². The Morgan fingerprint density at radius 3 is 3.00 bits per heavy atom. The van der Waals surface area contributed by atoms with Crippen molar-refractivity contribution in [3.63, 3.8) is 0 Å². The summed E-state index contributed by atoms with van der Waals surface area (Å²) in [5.74, 6) is -1.13. The summed E-state index contributed by atoms with van der Waals surface area (Å²) in [5, 5.41) is 19.5. The molecule has 0 unspecified atom stereocenters. The van der Waals surface area contributed by atoms with Crippen molar-refractivity contribution in [3.8, 4) is 11.8 Å². The Morgan fingerprint density at radius 1 is 1.59 bits per heavy atom. The normalized spacial score (nSPS) is 9.47. The van der Waals surface area contributed by atoms with Crippen LogP contribution in [0.3, 0.4) is 0 Å². The number of aliphatic hydroxyl groups excluding tert-OH is 1. The molecule has 0 bridgehead atoms. The predicted octanol–water partition coefficient (Wildman–Crippen LogP) is 0.185. The van der Waals surface area contributed by atoms with Gasteiger partial charge in [0.2, 0.25) is 0 Å². The molecule has 0 radical (unpaired) electrons. The van der Waals surface area contributed by atoms with Gasteiger partial charge in [-0.25, -0.2) is 4.39 Å². The lowest BCUT2D eigenvalue weighted by molar-refractivity contribution is -0.123. The number of hydrogen-bond donors (Lipinski definition) is 2. The molecule has 0 saturated heterocycles. The Bertz CT molecular complexity index is 443. The molecule has 0 heterocycles. The molecule has 1 aromatic carbocycles. The van der Waals surface area contributed by atoms with E-state index in [0.717, 1.165) is 6.07 Å². The van der Waals surface area contributed by atoms with Crippen molar-refractivity contribution in [3.05, 3.63) is 29.6 Å². The van der Waals surface area contributed by atoms with Crippen LogP contribution in [0.5, 0.6) is 5.75 Å². The summed E-state index contributed by atoms with van der Waals surface area (Å²) in [4.78, 5) is 11.1. The van der Waals surface area contributed by atoms with Gasteiger partial charge in [0.15, 0.2) is 6.61 Å². The highest BCUT2D eigenvalue weighted by Crippen LogP contribution is 2.19. The van der Waals surface area contributed by atoms with Gasteiger partial charge in [0.25, 0.3) is 5.91 Å². The molecule has 1 amide bonds. The van der Waals surface area contributed by atoms with Gasteiger partial charge in [-0.1, -0.05) is 6.07 Å². The standard InChI is InChI=1S/C11H11FN2O3/c12-9-2-1-3-10(8(9)6-13)17-7-11(16)14-4-5-15/h1-3,15H,4-5,7H2,(H,14,16). The number of carbonyl (C=O) groups excluding carboxylic acids is 1. The lowest BCUT2D eigenvalue weighted by atomic mass is 10.2. The van der Waals surface area contributed by atoms with Crippen molar-refractivity contribution < 1.29 is 19.0 Å². The van der Waals surface area contributed by atoms with Gasteiger partial charge in [-0.2, -0.15) is 5.26 Å². The summed E-state index contributed by atoms with van der Waals surface area (Å²) in [6.45, 7) is -0.385. The molecule has 0 saturated carbocycles. The molecule has 5 nitrogen and oxygen atoms in total. The van der Waals surface area contributed by atoms with Gasteiger partial charge in [0.05, 0.1) is 6.61 Å². The smallest absolute Gasteiger partial charge is 0.258 e. The Hall–Kier alpha value is -2.13. The minimum atomic E-state index is -0.694. The number of nitriles is 1. The number of hydrogen-bond acceptors (Lipinski definition) is 4. The number of amides is 1. The summed E-state index contributed by atoms with van der Waals surface area (Å²) >= 11 is 0. The average Bonchev–Trinajstić information content (AvgIpc) is 2.33. The zero-order chi connectivity index (χ0) is 12.7. The van der Waals surface area contributed by atoms with Gasteiger partial charge < -0.3 is 15.2 Å². The third-order valence-corrected chi connectivity index (χ3v) is 1.88. The van der Waals surface area contributed by atoms with E-state index < -0.39 is 11.7 Å². The van der Waals surface area contributed by atoms with Crippen molar-refractivity contribution in [1.29, 1.82) is 5.26 Å². The Kier molecular flexibility index (Phi) is 4.91. The van der Waals surface area contributed by atoms with E-state index in [1.807, 2.05) is 0 Å². The van der Waals surface area contributed by atoms with Crippen molar-refractivity contribution in [2.24, 2.45) is 0 Å². The number of aliphatic hydroxyl groups is 1. The van der Waals surface area contributed by atoms with Gasteiger partial charge in [-0.3, -0.25) is 4.79 Å². The van der Waals surface area contributed by atoms with Crippen LogP contribution in [-0.2, 0) is 4.79 Å². The summed E-state index contributed by atoms with van der Waals surface area (Å²) in [5.41, 5.74) is -0.234. The second-order valence-corrected chi connectivity index (χ2v) is 3.09. The number of halogens is 1. The first-order valence-electron chi connectivity index (χ1n) is 4.88. The summed E-state index contributed by atoms with van der Waals surface area (Å²) < 4.78 is 18.2. The maximum Gasteiger partial charge on any atom is 0.258 e. The lowest BCUT2D eigenvalue weighted by Gasteiger charge is -2.08. The third kappa shape index (κ3) is 3.74. The largest absolute Gasteiger partial charge is 0.482 e. The first kappa shape index (κ1) is 12.9. The average molecular weight is 238 g/mol. The molecule has 1 rings (SSSR count). The summed E-state index contributed by atoms with van der Waals surface area (Å²) in [6.07, 6.45) is 0. The summed E-state index contributed by atoms with van der Waals surface area (Å²) in [7, 11) is 0. The first-order valence-corrected chi connectivity index (χ1v) is 4.88. The van der Waals surface area contributed by atoms with E-state index >= 15 is 0 Å². The van der Waals surface area contributed by atoms with Gasteiger partial charge in [0.1, 0.15) is 23.2 Å². The van der Waals surface area contributed by atoms with Crippen molar-refractivity contribution in [2.45, 2.75) is 0 Å². The van der Waals surface area contributed by atoms with E-state index in [2.05, 4.69) is 5.32 Å². The second-order valence-electron chi connectivity index (χ2n) is 3.09. The number of carbonyl (C=O) groups is 1. The molecule has 17 heavy (non-hydrogen) atoms. The molecule has 90 valence electrons. The lowest BCUT2D eigenvalue weighted by Crippen LogP contribution is -2.31. The van der Waals surface area contributed by atoms with Crippen LogP contribution < -0.4 is 10.1 Å². The van der Waals surface area contributed by atoms with Crippen molar-refractivity contribution >= 4 is 5.91 Å². The van der Waals surface area contributed by atoms with Crippen LogP contribution in [0.15, 0.2) is 18.2 Å². The van der Waals surface area contributed by atoms with E-state index in [-0.39, 0.29) is 31.1 Å². The number of ether oxygens (including phenoxy) is 1. The number of nitrogens with zero attached hydrogens (tertiary/aromatic N) is 1.